The van der Waals surface area contributed by atoms with Gasteiger partial charge in [-0.05, 0) is 19.3 Å². The smallest absolute Gasteiger partial charge is 0.222 e. The molecular weight excluding hydrogens is 202 g/mol. The van der Waals surface area contributed by atoms with Gasteiger partial charge >= 0.3 is 0 Å². The largest absolute Gasteiger partial charge is 0.391 e. The van der Waals surface area contributed by atoms with Crippen molar-refractivity contribution in [3.8, 4) is 0 Å². The summed E-state index contributed by atoms with van der Waals surface area (Å²) in [5.74, 6) is 0.236. The molecule has 1 amide bonds. The monoisotopic (exact) mass is 227 g/mol. The van der Waals surface area contributed by atoms with Crippen LogP contribution in [0.3, 0.4) is 0 Å². The molecule has 1 fully saturated rings. The van der Waals surface area contributed by atoms with Crippen molar-refractivity contribution in [3.05, 3.63) is 0 Å². The summed E-state index contributed by atoms with van der Waals surface area (Å²) in [6.45, 7) is 4.80. The van der Waals surface area contributed by atoms with Gasteiger partial charge in [0.2, 0.25) is 5.91 Å². The maximum absolute atomic E-state index is 11.9. The third kappa shape index (κ3) is 3.78. The van der Waals surface area contributed by atoms with Crippen molar-refractivity contribution in [1.29, 1.82) is 0 Å². The molecule has 0 saturated carbocycles. The molecule has 0 radical (unpaired) electrons. The van der Waals surface area contributed by atoms with Gasteiger partial charge in [0.25, 0.3) is 0 Å². The Bertz CT molecular complexity index is 218. The van der Waals surface area contributed by atoms with Crippen molar-refractivity contribution >= 4 is 5.91 Å². The minimum atomic E-state index is -0.301. The van der Waals surface area contributed by atoms with Crippen molar-refractivity contribution in [3.63, 3.8) is 0 Å². The molecule has 0 aliphatic carbocycles. The summed E-state index contributed by atoms with van der Waals surface area (Å²) in [7, 11) is 0. The molecule has 94 valence electrons. The summed E-state index contributed by atoms with van der Waals surface area (Å²) < 4.78 is 0. The third-order valence-corrected chi connectivity index (χ3v) is 3.43. The van der Waals surface area contributed by atoms with Gasteiger partial charge in [0.15, 0.2) is 0 Å². The van der Waals surface area contributed by atoms with Crippen molar-refractivity contribution in [2.75, 3.05) is 6.54 Å². The molecule has 1 rings (SSSR count). The van der Waals surface area contributed by atoms with E-state index in [9.17, 15) is 9.90 Å². The Balaban J connectivity index is 2.29. The minimum Gasteiger partial charge on any atom is -0.391 e. The molecule has 0 aromatic rings. The fourth-order valence-corrected chi connectivity index (χ4v) is 2.43. The summed E-state index contributed by atoms with van der Waals surface area (Å²) in [5, 5.41) is 9.57. The van der Waals surface area contributed by atoms with Gasteiger partial charge in [0.05, 0.1) is 6.10 Å². The second kappa shape index (κ2) is 6.89. The van der Waals surface area contributed by atoms with Gasteiger partial charge in [0, 0.05) is 19.0 Å². The normalized spacial score (nSPS) is 25.1. The number of β-amino-alcohol motifs (C(OH)–C–C–N with tert-alkyl or cyclic N) is 1. The van der Waals surface area contributed by atoms with E-state index in [1.807, 2.05) is 4.90 Å². The molecule has 0 bridgehead atoms. The van der Waals surface area contributed by atoms with Crippen molar-refractivity contribution in [1.82, 2.24) is 4.90 Å². The first-order valence-corrected chi connectivity index (χ1v) is 6.66. The molecule has 2 unspecified atom stereocenters. The number of carbonyl (C=O) groups is 1. The minimum absolute atomic E-state index is 0.236. The van der Waals surface area contributed by atoms with Gasteiger partial charge in [0.1, 0.15) is 0 Å². The van der Waals surface area contributed by atoms with Gasteiger partial charge in [-0.25, -0.2) is 0 Å². The average Bonchev–Trinajstić information content (AvgIpc) is 2.65. The maximum atomic E-state index is 11.9. The van der Waals surface area contributed by atoms with Gasteiger partial charge in [-0.15, -0.1) is 0 Å². The number of hydrogen-bond donors (Lipinski definition) is 1. The van der Waals surface area contributed by atoms with Crippen LogP contribution in [0.2, 0.25) is 0 Å². The predicted octanol–water partition coefficient (Wildman–Crippen LogP) is 2.33. The number of aliphatic hydroxyl groups excluding tert-OH is 1. The fourth-order valence-electron chi connectivity index (χ4n) is 2.43. The number of amides is 1. The number of hydrogen-bond acceptors (Lipinski definition) is 2. The molecule has 16 heavy (non-hydrogen) atoms. The van der Waals surface area contributed by atoms with Crippen LogP contribution in [0.4, 0.5) is 0 Å². The van der Waals surface area contributed by atoms with Crippen LogP contribution in [-0.4, -0.2) is 34.6 Å². The molecule has 3 nitrogen and oxygen atoms in total. The summed E-state index contributed by atoms with van der Waals surface area (Å²) in [4.78, 5) is 13.8. The summed E-state index contributed by atoms with van der Waals surface area (Å²) in [6, 6.07) is 0.272. The maximum Gasteiger partial charge on any atom is 0.222 e. The van der Waals surface area contributed by atoms with Crippen LogP contribution in [0.5, 0.6) is 0 Å². The first kappa shape index (κ1) is 13.5. The lowest BCUT2D eigenvalue weighted by Gasteiger charge is -2.23. The van der Waals surface area contributed by atoms with Crippen LogP contribution in [-0.2, 0) is 4.79 Å². The molecule has 0 aromatic carbocycles. The highest BCUT2D eigenvalue weighted by Gasteiger charge is 2.32. The van der Waals surface area contributed by atoms with E-state index in [1.54, 1.807) is 0 Å². The van der Waals surface area contributed by atoms with Crippen LogP contribution in [0.1, 0.15) is 58.8 Å². The van der Waals surface area contributed by atoms with E-state index in [4.69, 9.17) is 0 Å². The molecule has 0 spiro atoms. The lowest BCUT2D eigenvalue weighted by Crippen LogP contribution is -2.35. The summed E-state index contributed by atoms with van der Waals surface area (Å²) >= 11 is 0. The molecule has 1 heterocycles. The Morgan fingerprint density at radius 3 is 2.69 bits per heavy atom. The number of carbonyl (C=O) groups excluding carboxylic acids is 1. The van der Waals surface area contributed by atoms with Crippen LogP contribution >= 0.6 is 0 Å². The third-order valence-electron chi connectivity index (χ3n) is 3.43. The number of nitrogens with zero attached hydrogens (tertiary/aromatic N) is 1. The quantitative estimate of drug-likeness (QED) is 0.707. The zero-order valence-corrected chi connectivity index (χ0v) is 10.6. The number of aliphatic hydroxyl groups is 1. The van der Waals surface area contributed by atoms with E-state index < -0.39 is 0 Å². The highest BCUT2D eigenvalue weighted by molar-refractivity contribution is 5.76. The van der Waals surface area contributed by atoms with Gasteiger partial charge < -0.3 is 10.0 Å². The average molecular weight is 227 g/mol. The molecule has 1 aliphatic heterocycles. The van der Waals surface area contributed by atoms with Gasteiger partial charge in [-0.1, -0.05) is 33.1 Å². The van der Waals surface area contributed by atoms with Crippen LogP contribution in [0.25, 0.3) is 0 Å². The van der Waals surface area contributed by atoms with Crippen molar-refractivity contribution in [2.24, 2.45) is 0 Å². The van der Waals surface area contributed by atoms with Crippen molar-refractivity contribution in [2.45, 2.75) is 70.9 Å². The predicted molar refractivity (Wildman–Crippen MR) is 65.2 cm³/mol. The Kier molecular flexibility index (Phi) is 5.81. The lowest BCUT2D eigenvalue weighted by molar-refractivity contribution is -0.132. The molecule has 1 aliphatic rings. The fraction of sp³-hybridized carbons (Fsp3) is 0.923. The van der Waals surface area contributed by atoms with Crippen LogP contribution in [0, 0.1) is 0 Å². The molecular formula is C13H25NO2. The molecule has 3 heteroatoms. The van der Waals surface area contributed by atoms with E-state index in [2.05, 4.69) is 13.8 Å². The highest BCUT2D eigenvalue weighted by Crippen LogP contribution is 2.21. The Morgan fingerprint density at radius 1 is 1.31 bits per heavy atom. The molecule has 2 atom stereocenters. The second-order valence-corrected chi connectivity index (χ2v) is 4.81. The van der Waals surface area contributed by atoms with Crippen LogP contribution in [0.15, 0.2) is 0 Å². The van der Waals surface area contributed by atoms with E-state index in [1.165, 1.54) is 12.8 Å². The Morgan fingerprint density at radius 2 is 2.06 bits per heavy atom. The number of likely N-dealkylation sites (tertiary alicyclic amines) is 1. The Hall–Kier alpha value is -0.570. The van der Waals surface area contributed by atoms with Crippen LogP contribution < -0.4 is 0 Å². The second-order valence-electron chi connectivity index (χ2n) is 4.81. The van der Waals surface area contributed by atoms with Gasteiger partial charge in [-0.2, -0.15) is 0 Å². The molecule has 1 N–H and O–H groups in total. The first-order valence-electron chi connectivity index (χ1n) is 6.66. The zero-order valence-electron chi connectivity index (χ0n) is 10.6. The molecule has 1 saturated heterocycles. The zero-order chi connectivity index (χ0) is 12.0. The number of rotatable bonds is 6. The number of unbranched alkanes of at least 4 members (excludes halogenated alkanes) is 3. The summed E-state index contributed by atoms with van der Waals surface area (Å²) in [6.07, 6.45) is 6.63. The van der Waals surface area contributed by atoms with E-state index in [0.29, 0.717) is 13.0 Å². The van der Waals surface area contributed by atoms with E-state index in [-0.39, 0.29) is 18.1 Å². The topological polar surface area (TPSA) is 40.5 Å². The molecule has 0 aromatic heterocycles. The SMILES string of the molecule is CCCCCCC(=O)N1CC(O)CC1CC. The van der Waals surface area contributed by atoms with E-state index in [0.717, 1.165) is 25.7 Å². The lowest BCUT2D eigenvalue weighted by atomic mass is 10.1. The standard InChI is InChI=1S/C13H25NO2/c1-3-5-6-7-8-13(16)14-10-12(15)9-11(14)4-2/h11-12,15H,3-10H2,1-2H3. The van der Waals surface area contributed by atoms with E-state index >= 15 is 0 Å². The van der Waals surface area contributed by atoms with Crippen molar-refractivity contribution < 1.29 is 9.90 Å². The first-order chi connectivity index (χ1) is 7.69. The Labute approximate surface area is 98.8 Å². The van der Waals surface area contributed by atoms with Gasteiger partial charge in [-0.3, -0.25) is 4.79 Å². The highest BCUT2D eigenvalue weighted by atomic mass is 16.3. The summed E-state index contributed by atoms with van der Waals surface area (Å²) in [5.41, 5.74) is 0.